The van der Waals surface area contributed by atoms with Gasteiger partial charge in [0.1, 0.15) is 5.75 Å². The standard InChI is InChI=1S/C23H23N3O3S/c1-15-8-9-19(16(2)12-15)29-14-21(27)25-23-24-18-10-11-26(13-20(18)30-23)22(28)17-6-4-3-5-7-17/h3-9,12H,10-11,13-14H2,1-2H3,(H,24,25,27). The summed E-state index contributed by atoms with van der Waals surface area (Å²) >= 11 is 1.41. The molecule has 1 aliphatic rings. The molecule has 1 N–H and O–H groups in total. The van der Waals surface area contributed by atoms with Crippen molar-refractivity contribution in [3.05, 3.63) is 75.8 Å². The Hall–Kier alpha value is -3.19. The van der Waals surface area contributed by atoms with Crippen LogP contribution in [0.15, 0.2) is 48.5 Å². The zero-order chi connectivity index (χ0) is 21.1. The van der Waals surface area contributed by atoms with E-state index in [1.165, 1.54) is 11.3 Å². The number of carbonyl (C=O) groups excluding carboxylic acids is 2. The number of nitrogens with one attached hydrogen (secondary N) is 1. The zero-order valence-corrected chi connectivity index (χ0v) is 17.8. The molecule has 1 aromatic heterocycles. The summed E-state index contributed by atoms with van der Waals surface area (Å²) in [5.41, 5.74) is 3.78. The molecule has 7 heteroatoms. The van der Waals surface area contributed by atoms with Crippen molar-refractivity contribution in [3.8, 4) is 5.75 Å². The van der Waals surface area contributed by atoms with E-state index < -0.39 is 0 Å². The molecule has 0 spiro atoms. The van der Waals surface area contributed by atoms with Crippen LogP contribution in [0.5, 0.6) is 5.75 Å². The van der Waals surface area contributed by atoms with Crippen molar-refractivity contribution in [2.75, 3.05) is 18.5 Å². The average Bonchev–Trinajstić information content (AvgIpc) is 3.14. The molecule has 30 heavy (non-hydrogen) atoms. The highest BCUT2D eigenvalue weighted by Crippen LogP contribution is 2.29. The van der Waals surface area contributed by atoms with Crippen molar-refractivity contribution in [2.24, 2.45) is 0 Å². The quantitative estimate of drug-likeness (QED) is 0.677. The van der Waals surface area contributed by atoms with Gasteiger partial charge in [-0.05, 0) is 37.6 Å². The van der Waals surface area contributed by atoms with Gasteiger partial charge in [-0.3, -0.25) is 14.9 Å². The van der Waals surface area contributed by atoms with E-state index in [2.05, 4.69) is 10.3 Å². The number of aryl methyl sites for hydroxylation is 2. The Morgan fingerprint density at radius 1 is 1.17 bits per heavy atom. The molecule has 0 radical (unpaired) electrons. The van der Waals surface area contributed by atoms with Gasteiger partial charge in [0.15, 0.2) is 11.7 Å². The molecule has 0 saturated heterocycles. The number of benzene rings is 2. The Labute approximate surface area is 179 Å². The molecular weight excluding hydrogens is 398 g/mol. The third-order valence-corrected chi connectivity index (χ3v) is 5.97. The van der Waals surface area contributed by atoms with Crippen LogP contribution in [0.25, 0.3) is 0 Å². The van der Waals surface area contributed by atoms with Gasteiger partial charge in [-0.15, -0.1) is 0 Å². The van der Waals surface area contributed by atoms with E-state index in [4.69, 9.17) is 4.74 Å². The highest BCUT2D eigenvalue weighted by Gasteiger charge is 2.25. The molecule has 0 saturated carbocycles. The summed E-state index contributed by atoms with van der Waals surface area (Å²) in [6, 6.07) is 15.1. The summed E-state index contributed by atoms with van der Waals surface area (Å²) in [6.45, 7) is 5.02. The molecule has 0 aliphatic carbocycles. The fraction of sp³-hybridized carbons (Fsp3) is 0.261. The number of amides is 2. The van der Waals surface area contributed by atoms with Gasteiger partial charge in [0.25, 0.3) is 11.8 Å². The van der Waals surface area contributed by atoms with Gasteiger partial charge in [-0.1, -0.05) is 47.2 Å². The second-order valence-electron chi connectivity index (χ2n) is 7.34. The topological polar surface area (TPSA) is 71.5 Å². The normalized spacial score (nSPS) is 12.9. The predicted molar refractivity (Wildman–Crippen MR) is 117 cm³/mol. The monoisotopic (exact) mass is 421 g/mol. The molecule has 2 aromatic carbocycles. The smallest absolute Gasteiger partial charge is 0.264 e. The van der Waals surface area contributed by atoms with E-state index in [0.717, 1.165) is 21.7 Å². The van der Waals surface area contributed by atoms with Gasteiger partial charge in [0, 0.05) is 23.4 Å². The van der Waals surface area contributed by atoms with E-state index in [0.29, 0.717) is 36.0 Å². The second kappa shape index (κ2) is 8.67. The molecule has 1 aliphatic heterocycles. The zero-order valence-electron chi connectivity index (χ0n) is 17.0. The van der Waals surface area contributed by atoms with Crippen LogP contribution in [0.3, 0.4) is 0 Å². The maximum atomic E-state index is 12.7. The van der Waals surface area contributed by atoms with Gasteiger partial charge >= 0.3 is 0 Å². The van der Waals surface area contributed by atoms with E-state index >= 15 is 0 Å². The van der Waals surface area contributed by atoms with Crippen LogP contribution in [0, 0.1) is 13.8 Å². The summed E-state index contributed by atoms with van der Waals surface area (Å²) in [5.74, 6) is 0.463. The summed E-state index contributed by atoms with van der Waals surface area (Å²) in [4.78, 5) is 32.4. The number of nitrogens with zero attached hydrogens (tertiary/aromatic N) is 2. The molecule has 154 valence electrons. The lowest BCUT2D eigenvalue weighted by molar-refractivity contribution is -0.118. The minimum Gasteiger partial charge on any atom is -0.483 e. The number of carbonyl (C=O) groups is 2. The third kappa shape index (κ3) is 4.52. The largest absolute Gasteiger partial charge is 0.483 e. The van der Waals surface area contributed by atoms with Crippen molar-refractivity contribution < 1.29 is 14.3 Å². The summed E-state index contributed by atoms with van der Waals surface area (Å²) in [7, 11) is 0. The molecule has 3 aromatic rings. The second-order valence-corrected chi connectivity index (χ2v) is 8.42. The molecule has 0 bridgehead atoms. The first-order valence-electron chi connectivity index (χ1n) is 9.82. The van der Waals surface area contributed by atoms with Gasteiger partial charge in [0.2, 0.25) is 0 Å². The minimum atomic E-state index is -0.252. The van der Waals surface area contributed by atoms with E-state index in [-0.39, 0.29) is 18.4 Å². The highest BCUT2D eigenvalue weighted by molar-refractivity contribution is 7.15. The van der Waals surface area contributed by atoms with Crippen LogP contribution in [0.1, 0.15) is 32.1 Å². The predicted octanol–water partition coefficient (Wildman–Crippen LogP) is 3.98. The van der Waals surface area contributed by atoms with Gasteiger partial charge in [-0.2, -0.15) is 0 Å². The van der Waals surface area contributed by atoms with Gasteiger partial charge in [-0.25, -0.2) is 4.98 Å². The van der Waals surface area contributed by atoms with E-state index in [1.54, 1.807) is 0 Å². The first-order chi connectivity index (χ1) is 14.5. The van der Waals surface area contributed by atoms with Crippen molar-refractivity contribution in [1.82, 2.24) is 9.88 Å². The number of ether oxygens (including phenoxy) is 1. The number of thiazole rings is 1. The maximum Gasteiger partial charge on any atom is 0.264 e. The van der Waals surface area contributed by atoms with Gasteiger partial charge < -0.3 is 9.64 Å². The number of hydrogen-bond donors (Lipinski definition) is 1. The highest BCUT2D eigenvalue weighted by atomic mass is 32.1. The Bertz CT molecular complexity index is 1080. The van der Waals surface area contributed by atoms with Crippen LogP contribution in [0.4, 0.5) is 5.13 Å². The number of hydrogen-bond acceptors (Lipinski definition) is 5. The average molecular weight is 422 g/mol. The Morgan fingerprint density at radius 3 is 2.73 bits per heavy atom. The molecule has 0 unspecified atom stereocenters. The van der Waals surface area contributed by atoms with Crippen LogP contribution >= 0.6 is 11.3 Å². The lowest BCUT2D eigenvalue weighted by Crippen LogP contribution is -2.35. The first-order valence-corrected chi connectivity index (χ1v) is 10.6. The molecular formula is C23H23N3O3S. The van der Waals surface area contributed by atoms with E-state index in [9.17, 15) is 9.59 Å². The maximum absolute atomic E-state index is 12.7. The van der Waals surface area contributed by atoms with Crippen LogP contribution in [-0.4, -0.2) is 34.8 Å². The SMILES string of the molecule is Cc1ccc(OCC(=O)Nc2nc3c(s2)CN(C(=O)c2ccccc2)CC3)c(C)c1. The summed E-state index contributed by atoms with van der Waals surface area (Å²) in [5, 5.41) is 3.36. The summed E-state index contributed by atoms with van der Waals surface area (Å²) < 4.78 is 5.64. The Kier molecular flexibility index (Phi) is 5.81. The van der Waals surface area contributed by atoms with Crippen LogP contribution in [-0.2, 0) is 17.8 Å². The molecule has 2 heterocycles. The lowest BCUT2D eigenvalue weighted by atomic mass is 10.1. The molecule has 2 amide bonds. The molecule has 0 atom stereocenters. The molecule has 6 nitrogen and oxygen atoms in total. The van der Waals surface area contributed by atoms with Crippen molar-refractivity contribution >= 4 is 28.3 Å². The van der Waals surface area contributed by atoms with Crippen LogP contribution < -0.4 is 10.1 Å². The number of fused-ring (bicyclic) bond motifs is 1. The Morgan fingerprint density at radius 2 is 1.97 bits per heavy atom. The molecule has 4 rings (SSSR count). The number of aromatic nitrogens is 1. The molecule has 0 fully saturated rings. The summed E-state index contributed by atoms with van der Waals surface area (Å²) in [6.07, 6.45) is 0.680. The fourth-order valence-corrected chi connectivity index (χ4v) is 4.49. The Balaban J connectivity index is 1.35. The van der Waals surface area contributed by atoms with E-state index in [1.807, 2.05) is 67.3 Å². The number of anilines is 1. The lowest BCUT2D eigenvalue weighted by Gasteiger charge is -2.26. The van der Waals surface area contributed by atoms with Crippen molar-refractivity contribution in [1.29, 1.82) is 0 Å². The number of rotatable bonds is 5. The fourth-order valence-electron chi connectivity index (χ4n) is 3.45. The third-order valence-electron chi connectivity index (χ3n) is 4.97. The minimum absolute atomic E-state index is 0.0158. The van der Waals surface area contributed by atoms with Crippen molar-refractivity contribution in [2.45, 2.75) is 26.8 Å². The first kappa shape index (κ1) is 20.1. The van der Waals surface area contributed by atoms with Gasteiger partial charge in [0.05, 0.1) is 12.2 Å². The van der Waals surface area contributed by atoms with Crippen LogP contribution in [0.2, 0.25) is 0 Å². The van der Waals surface area contributed by atoms with Crippen molar-refractivity contribution in [3.63, 3.8) is 0 Å².